The van der Waals surface area contributed by atoms with E-state index in [1.54, 1.807) is 11.7 Å². The number of aromatic nitrogens is 3. The van der Waals surface area contributed by atoms with Gasteiger partial charge >= 0.3 is 0 Å². The average Bonchev–Trinajstić information content (AvgIpc) is 2.83. The van der Waals surface area contributed by atoms with Gasteiger partial charge in [0.25, 0.3) is 5.89 Å². The molecule has 1 saturated carbocycles. The molecule has 0 atom stereocenters. The molecule has 0 spiro atoms. The minimum atomic E-state index is 0.405. The first-order chi connectivity index (χ1) is 7.92. The lowest BCUT2D eigenvalue weighted by Gasteiger charge is -1.96. The summed E-state index contributed by atoms with van der Waals surface area (Å²) in [6.07, 6.45) is 4.30. The summed E-state index contributed by atoms with van der Waals surface area (Å²) in [4.78, 5) is 9.12. The van der Waals surface area contributed by atoms with Gasteiger partial charge in [0.2, 0.25) is 5.82 Å². The first-order valence-electron chi connectivity index (χ1n) is 5.21. The first kappa shape index (κ1) is 9.92. The van der Waals surface area contributed by atoms with E-state index in [2.05, 4.69) is 15.1 Å². The minimum absolute atomic E-state index is 0.405. The molecule has 0 aromatic carbocycles. The minimum Gasteiger partial charge on any atom is -0.371 e. The molecule has 0 aliphatic heterocycles. The van der Waals surface area contributed by atoms with Gasteiger partial charge in [-0.1, -0.05) is 5.16 Å². The zero-order valence-electron chi connectivity index (χ0n) is 8.63. The second-order valence-electron chi connectivity index (χ2n) is 3.84. The van der Waals surface area contributed by atoms with E-state index >= 15 is 0 Å². The Morgan fingerprint density at radius 2 is 2.44 bits per heavy atom. The van der Waals surface area contributed by atoms with Gasteiger partial charge in [-0.2, -0.15) is 4.98 Å². The van der Waals surface area contributed by atoms with Crippen molar-refractivity contribution < 1.29 is 9.26 Å². The third-order valence-corrected chi connectivity index (χ3v) is 3.17. The van der Waals surface area contributed by atoms with E-state index in [1.807, 2.05) is 0 Å². The summed E-state index contributed by atoms with van der Waals surface area (Å²) in [6, 6.07) is 0. The smallest absolute Gasteiger partial charge is 0.252 e. The molecule has 3 rings (SSSR count). The Morgan fingerprint density at radius 3 is 3.19 bits per heavy atom. The number of hydrogen-bond acceptors (Lipinski definition) is 6. The van der Waals surface area contributed by atoms with Crippen LogP contribution in [0.3, 0.4) is 0 Å². The Kier molecular flexibility index (Phi) is 2.67. The topological polar surface area (TPSA) is 61.0 Å². The zero-order valence-corrected chi connectivity index (χ0v) is 9.44. The van der Waals surface area contributed by atoms with Crippen molar-refractivity contribution in [1.82, 2.24) is 15.1 Å². The standard InChI is InChI=1S/C10H11N3O2S/c1-2-7(1)4-14-5-9-12-10(13-15-9)8-3-11-6-16-8/h3,6-7H,1-2,4-5H2. The van der Waals surface area contributed by atoms with Gasteiger partial charge in [-0.15, -0.1) is 11.3 Å². The van der Waals surface area contributed by atoms with E-state index in [9.17, 15) is 0 Å². The second kappa shape index (κ2) is 4.31. The number of nitrogens with zero attached hydrogens (tertiary/aromatic N) is 3. The molecule has 2 aromatic heterocycles. The molecule has 0 N–H and O–H groups in total. The molecule has 0 amide bonds. The van der Waals surface area contributed by atoms with Gasteiger partial charge in [0.15, 0.2) is 0 Å². The summed E-state index contributed by atoms with van der Waals surface area (Å²) in [5.74, 6) is 1.88. The predicted octanol–water partition coefficient (Wildman–Crippen LogP) is 2.12. The second-order valence-corrected chi connectivity index (χ2v) is 4.72. The molecule has 2 heterocycles. The Labute approximate surface area is 96.5 Å². The molecule has 84 valence electrons. The maximum absolute atomic E-state index is 5.47. The van der Waals surface area contributed by atoms with E-state index in [1.165, 1.54) is 24.2 Å². The summed E-state index contributed by atoms with van der Waals surface area (Å²) in [6.45, 7) is 1.21. The van der Waals surface area contributed by atoms with Crippen molar-refractivity contribution in [3.63, 3.8) is 0 Å². The fraction of sp³-hybridized carbons (Fsp3) is 0.500. The van der Waals surface area contributed by atoms with Crippen LogP contribution < -0.4 is 0 Å². The quantitative estimate of drug-likeness (QED) is 0.797. The van der Waals surface area contributed by atoms with Crippen molar-refractivity contribution in [2.45, 2.75) is 19.4 Å². The van der Waals surface area contributed by atoms with Crippen LogP contribution in [0, 0.1) is 5.92 Å². The summed E-state index contributed by atoms with van der Waals surface area (Å²) >= 11 is 1.49. The van der Waals surface area contributed by atoms with Crippen LogP contribution in [0.15, 0.2) is 16.2 Å². The van der Waals surface area contributed by atoms with E-state index < -0.39 is 0 Å². The first-order valence-corrected chi connectivity index (χ1v) is 6.09. The van der Waals surface area contributed by atoms with Gasteiger partial charge < -0.3 is 9.26 Å². The Morgan fingerprint density at radius 1 is 1.50 bits per heavy atom. The van der Waals surface area contributed by atoms with E-state index in [4.69, 9.17) is 9.26 Å². The molecule has 1 fully saturated rings. The molecule has 2 aromatic rings. The summed E-state index contributed by atoms with van der Waals surface area (Å²) < 4.78 is 10.5. The van der Waals surface area contributed by atoms with E-state index in [0.29, 0.717) is 18.3 Å². The summed E-state index contributed by atoms with van der Waals surface area (Å²) in [5, 5.41) is 3.88. The van der Waals surface area contributed by atoms with Crippen LogP contribution >= 0.6 is 11.3 Å². The Hall–Kier alpha value is -1.27. The van der Waals surface area contributed by atoms with Crippen molar-refractivity contribution in [3.8, 4) is 10.7 Å². The molecule has 0 saturated heterocycles. The molecule has 0 bridgehead atoms. The van der Waals surface area contributed by atoms with Gasteiger partial charge in [0, 0.05) is 6.20 Å². The van der Waals surface area contributed by atoms with Gasteiger partial charge in [0.1, 0.15) is 6.61 Å². The normalized spacial score (nSPS) is 15.5. The van der Waals surface area contributed by atoms with Crippen LogP contribution in [0.5, 0.6) is 0 Å². The van der Waals surface area contributed by atoms with Crippen LogP contribution in [0.25, 0.3) is 10.7 Å². The third-order valence-electron chi connectivity index (χ3n) is 2.40. The molecule has 0 radical (unpaired) electrons. The fourth-order valence-corrected chi connectivity index (χ4v) is 1.88. The fourth-order valence-electron chi connectivity index (χ4n) is 1.34. The molecule has 5 nitrogen and oxygen atoms in total. The van der Waals surface area contributed by atoms with Crippen LogP contribution in [0.2, 0.25) is 0 Å². The number of thiazole rings is 1. The van der Waals surface area contributed by atoms with Crippen molar-refractivity contribution in [1.29, 1.82) is 0 Å². The molecular weight excluding hydrogens is 226 g/mol. The van der Waals surface area contributed by atoms with Crippen LogP contribution in [-0.2, 0) is 11.3 Å². The monoisotopic (exact) mass is 237 g/mol. The van der Waals surface area contributed by atoms with Gasteiger partial charge in [0.05, 0.1) is 17.0 Å². The zero-order chi connectivity index (χ0) is 10.8. The largest absolute Gasteiger partial charge is 0.371 e. The van der Waals surface area contributed by atoms with Gasteiger partial charge in [-0.25, -0.2) is 0 Å². The highest BCUT2D eigenvalue weighted by Gasteiger charge is 2.21. The van der Waals surface area contributed by atoms with E-state index in [0.717, 1.165) is 17.4 Å². The lowest BCUT2D eigenvalue weighted by Crippen LogP contribution is -1.96. The molecule has 16 heavy (non-hydrogen) atoms. The maximum atomic E-state index is 5.47. The Balaban J connectivity index is 1.59. The number of rotatable bonds is 5. The van der Waals surface area contributed by atoms with Crippen molar-refractivity contribution in [3.05, 3.63) is 17.6 Å². The highest BCUT2D eigenvalue weighted by atomic mass is 32.1. The van der Waals surface area contributed by atoms with E-state index in [-0.39, 0.29) is 0 Å². The van der Waals surface area contributed by atoms with Crippen molar-refractivity contribution in [2.24, 2.45) is 5.92 Å². The van der Waals surface area contributed by atoms with Crippen LogP contribution in [0.1, 0.15) is 18.7 Å². The molecular formula is C10H11N3O2S. The summed E-state index contributed by atoms with van der Waals surface area (Å²) in [5.41, 5.74) is 1.75. The Bertz CT molecular complexity index is 450. The highest BCUT2D eigenvalue weighted by molar-refractivity contribution is 7.13. The van der Waals surface area contributed by atoms with Crippen molar-refractivity contribution >= 4 is 11.3 Å². The third kappa shape index (κ3) is 2.28. The number of ether oxygens (including phenoxy) is 1. The number of hydrogen-bond donors (Lipinski definition) is 0. The van der Waals surface area contributed by atoms with Gasteiger partial charge in [-0.3, -0.25) is 4.98 Å². The predicted molar refractivity (Wildman–Crippen MR) is 57.8 cm³/mol. The maximum Gasteiger partial charge on any atom is 0.252 e. The van der Waals surface area contributed by atoms with Crippen LogP contribution in [-0.4, -0.2) is 21.7 Å². The molecule has 1 aliphatic carbocycles. The summed E-state index contributed by atoms with van der Waals surface area (Å²) in [7, 11) is 0. The lowest BCUT2D eigenvalue weighted by molar-refractivity contribution is 0.0894. The lowest BCUT2D eigenvalue weighted by atomic mass is 10.5. The molecule has 0 unspecified atom stereocenters. The SMILES string of the molecule is c1ncc(-c2noc(COCC3CC3)n2)s1. The van der Waals surface area contributed by atoms with Crippen LogP contribution in [0.4, 0.5) is 0 Å². The van der Waals surface area contributed by atoms with Gasteiger partial charge in [-0.05, 0) is 18.8 Å². The van der Waals surface area contributed by atoms with Crippen molar-refractivity contribution in [2.75, 3.05) is 6.61 Å². The molecule has 1 aliphatic rings. The highest BCUT2D eigenvalue weighted by Crippen LogP contribution is 2.29. The average molecular weight is 237 g/mol. The molecule has 6 heteroatoms.